The van der Waals surface area contributed by atoms with Crippen molar-refractivity contribution >= 4 is 16.3 Å². The number of benzene rings is 1. The lowest BCUT2D eigenvalue weighted by Crippen LogP contribution is -1.88. The van der Waals surface area contributed by atoms with Crippen molar-refractivity contribution in [2.75, 3.05) is 5.73 Å². The van der Waals surface area contributed by atoms with Crippen LogP contribution in [0.5, 0.6) is 0 Å². The Morgan fingerprint density at radius 3 is 2.57 bits per heavy atom. The number of nitrogens with two attached hydrogens (primary N) is 1. The minimum Gasteiger partial charge on any atom is -0.389 e. The molecule has 14 heavy (non-hydrogen) atoms. The summed E-state index contributed by atoms with van der Waals surface area (Å²) >= 11 is 1.26. The predicted octanol–water partition coefficient (Wildman–Crippen LogP) is 2.67. The van der Waals surface area contributed by atoms with E-state index in [9.17, 15) is 8.78 Å². The SMILES string of the molecule is Nc1scnc1-c1ccc(F)c(F)c1. The molecule has 0 amide bonds. The van der Waals surface area contributed by atoms with Gasteiger partial charge in [0, 0.05) is 5.56 Å². The van der Waals surface area contributed by atoms with Gasteiger partial charge in [0.2, 0.25) is 0 Å². The second-order valence-corrected chi connectivity index (χ2v) is 3.58. The lowest BCUT2D eigenvalue weighted by Gasteiger charge is -1.99. The molecule has 5 heteroatoms. The second-order valence-electron chi connectivity index (χ2n) is 2.69. The zero-order chi connectivity index (χ0) is 10.1. The second kappa shape index (κ2) is 3.34. The fourth-order valence-electron chi connectivity index (χ4n) is 1.12. The molecule has 1 aromatic carbocycles. The quantitative estimate of drug-likeness (QED) is 0.789. The highest BCUT2D eigenvalue weighted by Gasteiger charge is 2.08. The van der Waals surface area contributed by atoms with Crippen molar-refractivity contribution in [1.29, 1.82) is 0 Å². The molecule has 0 aliphatic carbocycles. The minimum atomic E-state index is -0.894. The molecule has 0 unspecified atom stereocenters. The van der Waals surface area contributed by atoms with Gasteiger partial charge < -0.3 is 5.73 Å². The average molecular weight is 212 g/mol. The predicted molar refractivity (Wildman–Crippen MR) is 51.9 cm³/mol. The minimum absolute atomic E-state index is 0.489. The Kier molecular flexibility index (Phi) is 2.17. The standard InChI is InChI=1S/C9H6F2N2S/c10-6-2-1-5(3-7(6)11)8-9(12)14-4-13-8/h1-4H,12H2. The fourth-order valence-corrected chi connectivity index (χ4v) is 1.67. The van der Waals surface area contributed by atoms with Crippen LogP contribution in [0, 0.1) is 11.6 Å². The van der Waals surface area contributed by atoms with Crippen molar-refractivity contribution in [2.24, 2.45) is 0 Å². The van der Waals surface area contributed by atoms with Gasteiger partial charge in [-0.1, -0.05) is 0 Å². The number of aromatic nitrogens is 1. The molecule has 72 valence electrons. The molecule has 0 atom stereocenters. The van der Waals surface area contributed by atoms with Crippen LogP contribution in [0.25, 0.3) is 11.3 Å². The number of nitrogens with zero attached hydrogens (tertiary/aromatic N) is 1. The maximum Gasteiger partial charge on any atom is 0.159 e. The smallest absolute Gasteiger partial charge is 0.159 e. The summed E-state index contributed by atoms with van der Waals surface area (Å²) in [6.07, 6.45) is 0. The van der Waals surface area contributed by atoms with Gasteiger partial charge in [-0.15, -0.1) is 11.3 Å². The first kappa shape index (κ1) is 9.08. The van der Waals surface area contributed by atoms with Crippen molar-refractivity contribution in [1.82, 2.24) is 4.98 Å². The van der Waals surface area contributed by atoms with Crippen molar-refractivity contribution < 1.29 is 8.78 Å². The number of halogens is 2. The van der Waals surface area contributed by atoms with E-state index in [2.05, 4.69) is 4.98 Å². The third kappa shape index (κ3) is 1.46. The van der Waals surface area contributed by atoms with Gasteiger partial charge in [-0.3, -0.25) is 0 Å². The summed E-state index contributed by atoms with van der Waals surface area (Å²) in [5.41, 5.74) is 8.14. The first-order valence-electron chi connectivity index (χ1n) is 3.83. The Bertz CT molecular complexity index is 468. The monoisotopic (exact) mass is 212 g/mol. The number of hydrogen-bond donors (Lipinski definition) is 1. The van der Waals surface area contributed by atoms with E-state index in [1.54, 1.807) is 5.51 Å². The number of nitrogen functional groups attached to an aromatic ring is 1. The first-order chi connectivity index (χ1) is 6.68. The van der Waals surface area contributed by atoms with Crippen molar-refractivity contribution in [3.63, 3.8) is 0 Å². The molecule has 2 aromatic rings. The summed E-state index contributed by atoms with van der Waals surface area (Å²) in [4.78, 5) is 3.96. The average Bonchev–Trinajstić information content (AvgIpc) is 2.57. The Morgan fingerprint density at radius 2 is 2.00 bits per heavy atom. The highest BCUT2D eigenvalue weighted by molar-refractivity contribution is 7.14. The third-order valence-electron chi connectivity index (χ3n) is 1.79. The van der Waals surface area contributed by atoms with Crippen molar-refractivity contribution in [3.8, 4) is 11.3 Å². The summed E-state index contributed by atoms with van der Waals surface area (Å²) in [5.74, 6) is -1.77. The fraction of sp³-hybridized carbons (Fsp3) is 0. The Balaban J connectivity index is 2.53. The van der Waals surface area contributed by atoms with Gasteiger partial charge in [-0.2, -0.15) is 0 Å². The largest absolute Gasteiger partial charge is 0.389 e. The molecular formula is C9H6F2N2S. The van der Waals surface area contributed by atoms with Gasteiger partial charge in [-0.05, 0) is 18.2 Å². The first-order valence-corrected chi connectivity index (χ1v) is 4.71. The lowest BCUT2D eigenvalue weighted by atomic mass is 10.1. The molecule has 0 radical (unpaired) electrons. The van der Waals surface area contributed by atoms with Crippen LogP contribution in [-0.4, -0.2) is 4.98 Å². The molecule has 0 saturated heterocycles. The van der Waals surface area contributed by atoms with E-state index < -0.39 is 11.6 Å². The van der Waals surface area contributed by atoms with E-state index in [0.717, 1.165) is 12.1 Å². The van der Waals surface area contributed by atoms with Crippen LogP contribution < -0.4 is 5.73 Å². The Labute approximate surface area is 83.0 Å². The molecule has 1 aromatic heterocycles. The van der Waals surface area contributed by atoms with Crippen LogP contribution in [-0.2, 0) is 0 Å². The van der Waals surface area contributed by atoms with Gasteiger partial charge in [0.25, 0.3) is 0 Å². The van der Waals surface area contributed by atoms with Gasteiger partial charge in [0.05, 0.1) is 5.51 Å². The van der Waals surface area contributed by atoms with E-state index in [-0.39, 0.29) is 0 Å². The number of thiazole rings is 1. The highest BCUT2D eigenvalue weighted by atomic mass is 32.1. The zero-order valence-electron chi connectivity index (χ0n) is 7.00. The lowest BCUT2D eigenvalue weighted by molar-refractivity contribution is 0.509. The van der Waals surface area contributed by atoms with Crippen molar-refractivity contribution in [3.05, 3.63) is 35.3 Å². The molecule has 0 aliphatic rings. The highest BCUT2D eigenvalue weighted by Crippen LogP contribution is 2.28. The molecule has 1 heterocycles. The van der Waals surface area contributed by atoms with Gasteiger partial charge in [-0.25, -0.2) is 13.8 Å². The molecule has 0 spiro atoms. The van der Waals surface area contributed by atoms with E-state index in [1.165, 1.54) is 17.4 Å². The van der Waals surface area contributed by atoms with E-state index in [1.807, 2.05) is 0 Å². The van der Waals surface area contributed by atoms with Crippen molar-refractivity contribution in [2.45, 2.75) is 0 Å². The van der Waals surface area contributed by atoms with Crippen LogP contribution in [0.3, 0.4) is 0 Å². The summed E-state index contributed by atoms with van der Waals surface area (Å²) in [6, 6.07) is 3.59. The zero-order valence-corrected chi connectivity index (χ0v) is 7.81. The topological polar surface area (TPSA) is 38.9 Å². The maximum absolute atomic E-state index is 12.9. The van der Waals surface area contributed by atoms with E-state index in [0.29, 0.717) is 16.3 Å². The van der Waals surface area contributed by atoms with E-state index >= 15 is 0 Å². The summed E-state index contributed by atoms with van der Waals surface area (Å²) in [7, 11) is 0. The summed E-state index contributed by atoms with van der Waals surface area (Å²) in [6.45, 7) is 0. The summed E-state index contributed by atoms with van der Waals surface area (Å²) < 4.78 is 25.5. The normalized spacial score (nSPS) is 10.4. The molecule has 0 bridgehead atoms. The molecule has 0 saturated carbocycles. The number of anilines is 1. The van der Waals surface area contributed by atoms with Crippen LogP contribution in [0.1, 0.15) is 0 Å². The van der Waals surface area contributed by atoms with Gasteiger partial charge >= 0.3 is 0 Å². The Hall–Kier alpha value is -1.49. The number of rotatable bonds is 1. The molecule has 0 aliphatic heterocycles. The maximum atomic E-state index is 12.9. The molecule has 0 fully saturated rings. The molecule has 2 N–H and O–H groups in total. The third-order valence-corrected chi connectivity index (χ3v) is 2.45. The van der Waals surface area contributed by atoms with Crippen LogP contribution >= 0.6 is 11.3 Å². The summed E-state index contributed by atoms with van der Waals surface area (Å²) in [5, 5.41) is 0.496. The molecular weight excluding hydrogens is 206 g/mol. The molecule has 2 rings (SSSR count). The number of hydrogen-bond acceptors (Lipinski definition) is 3. The van der Waals surface area contributed by atoms with Crippen LogP contribution in [0.15, 0.2) is 23.7 Å². The van der Waals surface area contributed by atoms with Gasteiger partial charge in [0.15, 0.2) is 11.6 Å². The molecule has 2 nitrogen and oxygen atoms in total. The van der Waals surface area contributed by atoms with Crippen LogP contribution in [0.2, 0.25) is 0 Å². The van der Waals surface area contributed by atoms with Crippen LogP contribution in [0.4, 0.5) is 13.8 Å². The Morgan fingerprint density at radius 1 is 1.21 bits per heavy atom. The van der Waals surface area contributed by atoms with Gasteiger partial charge in [0.1, 0.15) is 10.7 Å². The van der Waals surface area contributed by atoms with E-state index in [4.69, 9.17) is 5.73 Å².